The maximum absolute atomic E-state index is 16.9. The third kappa shape index (κ3) is 6.22. The molecular weight excluding hydrogens is 737 g/mol. The summed E-state index contributed by atoms with van der Waals surface area (Å²) in [6.45, 7) is 3.11. The fourth-order valence-electron chi connectivity index (χ4n) is 8.43. The van der Waals surface area contributed by atoms with Crippen LogP contribution in [0.25, 0.3) is 32.9 Å². The molecule has 3 saturated heterocycles. The zero-order chi connectivity index (χ0) is 38.1. The second kappa shape index (κ2) is 13.6. The predicted molar refractivity (Wildman–Crippen MR) is 206 cm³/mol. The molecule has 3 atom stereocenters. The van der Waals surface area contributed by atoms with Crippen LogP contribution in [0, 0.1) is 24.0 Å². The Morgan fingerprint density at radius 3 is 2.57 bits per heavy atom. The van der Waals surface area contributed by atoms with Gasteiger partial charge in [-0.15, -0.1) is 15.6 Å². The van der Waals surface area contributed by atoms with Gasteiger partial charge >= 0.3 is 6.01 Å². The maximum atomic E-state index is 16.9. The number of piperazine rings is 1. The number of ether oxygens (including phenoxy) is 1. The highest BCUT2D eigenvalue weighted by atomic mass is 32.2. The van der Waals surface area contributed by atoms with E-state index >= 15 is 4.39 Å². The minimum Gasteiger partial charge on any atom is -0.459 e. The van der Waals surface area contributed by atoms with Gasteiger partial charge in [-0.1, -0.05) is 42.3 Å². The van der Waals surface area contributed by atoms with Crippen LogP contribution in [0.15, 0.2) is 72.0 Å². The zero-order valence-electron chi connectivity index (χ0n) is 30.3. The summed E-state index contributed by atoms with van der Waals surface area (Å²) in [4.78, 5) is 22.8. The van der Waals surface area contributed by atoms with E-state index in [1.165, 1.54) is 12.4 Å². The number of nitrogens with zero attached hydrogens (tertiary/aromatic N) is 8. The molecule has 10 rings (SSSR count). The summed E-state index contributed by atoms with van der Waals surface area (Å²) in [5, 5.41) is 9.41. The Balaban J connectivity index is 0.944. The molecule has 56 heavy (non-hydrogen) atoms. The molecule has 12 nitrogen and oxygen atoms in total. The van der Waals surface area contributed by atoms with Crippen molar-refractivity contribution in [3.05, 3.63) is 95.7 Å². The second-order valence-electron chi connectivity index (χ2n) is 15.2. The molecule has 1 unspecified atom stereocenters. The summed E-state index contributed by atoms with van der Waals surface area (Å²) in [6, 6.07) is 15.7. The van der Waals surface area contributed by atoms with E-state index in [9.17, 15) is 12.8 Å². The number of anilines is 1. The Morgan fingerprint density at radius 2 is 1.77 bits per heavy atom. The molecule has 15 heteroatoms. The van der Waals surface area contributed by atoms with E-state index < -0.39 is 21.7 Å². The number of terminal acetylenes is 1. The summed E-state index contributed by atoms with van der Waals surface area (Å²) < 4.78 is 66.0. The summed E-state index contributed by atoms with van der Waals surface area (Å²) in [6.07, 6.45) is 13.0. The van der Waals surface area contributed by atoms with Crippen LogP contribution in [0.3, 0.4) is 0 Å². The number of likely N-dealkylation sites (tertiary alicyclic amines) is 1. The molecule has 0 amide bonds. The van der Waals surface area contributed by atoms with Crippen molar-refractivity contribution in [1.29, 1.82) is 0 Å². The molecule has 1 N–H and O–H groups in total. The molecule has 284 valence electrons. The molecule has 4 fully saturated rings. The first-order chi connectivity index (χ1) is 27.2. The van der Waals surface area contributed by atoms with Crippen LogP contribution in [0.5, 0.6) is 6.01 Å². The Labute approximate surface area is 322 Å². The molecule has 3 aliphatic heterocycles. The lowest BCUT2D eigenvalue weighted by Crippen LogP contribution is -2.51. The monoisotopic (exact) mass is 773 g/mol. The number of hydrogen-bond donors (Lipinski definition) is 1. The largest absolute Gasteiger partial charge is 0.459 e. The van der Waals surface area contributed by atoms with Gasteiger partial charge in [0, 0.05) is 67.9 Å². The van der Waals surface area contributed by atoms with Gasteiger partial charge in [-0.25, -0.2) is 13.8 Å². The van der Waals surface area contributed by atoms with Crippen LogP contribution >= 0.6 is 0 Å². The third-order valence-corrected chi connectivity index (χ3v) is 12.9. The molecular formula is C41H37F2N9O3S. The van der Waals surface area contributed by atoms with Crippen LogP contribution in [-0.4, -0.2) is 86.8 Å². The molecule has 2 bridgehead atoms. The zero-order valence-corrected chi connectivity index (χ0v) is 31.1. The van der Waals surface area contributed by atoms with Gasteiger partial charge < -0.3 is 15.0 Å². The van der Waals surface area contributed by atoms with Crippen LogP contribution in [0.1, 0.15) is 55.0 Å². The first kappa shape index (κ1) is 34.9. The molecule has 0 spiro atoms. The van der Waals surface area contributed by atoms with E-state index in [1.54, 1.807) is 48.7 Å². The third-order valence-electron chi connectivity index (χ3n) is 11.3. The molecule has 3 aromatic carbocycles. The van der Waals surface area contributed by atoms with E-state index in [2.05, 4.69) is 41.1 Å². The molecule has 6 aromatic rings. The topological polar surface area (TPSA) is 131 Å². The average molecular weight is 774 g/mol. The Morgan fingerprint density at radius 1 is 0.946 bits per heavy atom. The number of halogens is 2. The number of aromatic nitrogens is 6. The van der Waals surface area contributed by atoms with Gasteiger partial charge in [0.2, 0.25) is 0 Å². The van der Waals surface area contributed by atoms with Gasteiger partial charge in [0.25, 0.3) is 10.0 Å². The van der Waals surface area contributed by atoms with E-state index in [1.807, 2.05) is 6.07 Å². The van der Waals surface area contributed by atoms with Gasteiger partial charge in [-0.2, -0.15) is 18.4 Å². The fourth-order valence-corrected chi connectivity index (χ4v) is 9.56. The van der Waals surface area contributed by atoms with Crippen LogP contribution in [0.4, 0.5) is 14.6 Å². The highest BCUT2D eigenvalue weighted by molar-refractivity contribution is 7.89. The second-order valence-corrected chi connectivity index (χ2v) is 17.0. The Kier molecular flexibility index (Phi) is 8.46. The van der Waals surface area contributed by atoms with Gasteiger partial charge in [0.15, 0.2) is 11.6 Å². The smallest absolute Gasteiger partial charge is 0.319 e. The first-order valence-corrected chi connectivity index (χ1v) is 20.4. The highest BCUT2D eigenvalue weighted by Crippen LogP contribution is 2.39. The van der Waals surface area contributed by atoms with Gasteiger partial charge in [0.1, 0.15) is 35.3 Å². The van der Waals surface area contributed by atoms with E-state index in [0.717, 1.165) is 35.3 Å². The Bertz CT molecular complexity index is 2690. The first-order valence-electron chi connectivity index (χ1n) is 18.9. The lowest BCUT2D eigenvalue weighted by molar-refractivity contribution is 0.184. The normalized spacial score (nSPS) is 21.2. The number of pyridine rings is 1. The molecule has 1 aliphatic carbocycles. The molecule has 6 heterocycles. The van der Waals surface area contributed by atoms with Gasteiger partial charge in [-0.3, -0.25) is 9.88 Å². The minimum atomic E-state index is -3.89. The molecule has 1 saturated carbocycles. The van der Waals surface area contributed by atoms with Crippen molar-refractivity contribution in [1.82, 2.24) is 39.3 Å². The molecule has 4 aliphatic rings. The SMILES string of the molecule is C#Cc1c(F)ccc2cccc(-c3ncc4c(N5C[C@H]6CC[C@@H](C5)N6)nc(OC5CCN(Cc6cccc(S(=O)(=O)n7cnc(C8CC8)n7)c6)C5)nc4c3F)c12. The van der Waals surface area contributed by atoms with Crippen LogP contribution in [-0.2, 0) is 16.6 Å². The number of nitrogens with one attached hydrogen (secondary N) is 1. The highest BCUT2D eigenvalue weighted by Gasteiger charge is 2.35. The van der Waals surface area contributed by atoms with E-state index in [4.69, 9.17) is 16.1 Å². The summed E-state index contributed by atoms with van der Waals surface area (Å²) >= 11 is 0. The Hall–Kier alpha value is -5.56. The van der Waals surface area contributed by atoms with Crippen molar-refractivity contribution < 1.29 is 21.9 Å². The van der Waals surface area contributed by atoms with E-state index in [0.29, 0.717) is 84.6 Å². The summed E-state index contributed by atoms with van der Waals surface area (Å²) in [5.41, 5.74) is 1.30. The van der Waals surface area contributed by atoms with Gasteiger partial charge in [0.05, 0.1) is 15.8 Å². The summed E-state index contributed by atoms with van der Waals surface area (Å²) in [7, 11) is -3.89. The van der Waals surface area contributed by atoms with Crippen molar-refractivity contribution in [2.45, 2.75) is 67.6 Å². The predicted octanol–water partition coefficient (Wildman–Crippen LogP) is 5.40. The van der Waals surface area contributed by atoms with Crippen molar-refractivity contribution >= 4 is 37.5 Å². The minimum absolute atomic E-state index is 0.00430. The van der Waals surface area contributed by atoms with Crippen LogP contribution < -0.4 is 15.0 Å². The number of hydrogen-bond acceptors (Lipinski definition) is 11. The van der Waals surface area contributed by atoms with Crippen molar-refractivity contribution in [3.63, 3.8) is 0 Å². The van der Waals surface area contributed by atoms with Gasteiger partial charge in [-0.05, 0) is 61.3 Å². The number of rotatable bonds is 9. The summed E-state index contributed by atoms with van der Waals surface area (Å²) in [5.74, 6) is 2.56. The number of fused-ring (bicyclic) bond motifs is 4. The molecule has 0 radical (unpaired) electrons. The van der Waals surface area contributed by atoms with Crippen molar-refractivity contribution in [2.24, 2.45) is 0 Å². The average Bonchev–Trinajstić information content (AvgIpc) is 3.58. The van der Waals surface area contributed by atoms with Crippen molar-refractivity contribution in [2.75, 3.05) is 31.1 Å². The maximum Gasteiger partial charge on any atom is 0.319 e. The van der Waals surface area contributed by atoms with Crippen LogP contribution in [0.2, 0.25) is 0 Å². The lowest BCUT2D eigenvalue weighted by atomic mass is 9.96. The quantitative estimate of drug-likeness (QED) is 0.190. The molecule has 3 aromatic heterocycles. The van der Waals surface area contributed by atoms with Crippen molar-refractivity contribution in [3.8, 4) is 29.6 Å². The van der Waals surface area contributed by atoms with E-state index in [-0.39, 0.29) is 39.7 Å². The standard InChI is InChI=1S/C41H37F2N9O3S/c1-2-31-34(42)14-11-25-6-4-8-32(35(25)31)37-36(43)38-33(18-44-37)40(51-20-27-12-13-28(21-51)46-27)48-41(47-38)55-29-15-16-50(22-29)19-24-5-3-7-30(17-24)56(53,54)52-23-45-39(49-52)26-9-10-26/h1,3-8,11,14,17-18,23,26-29,46H,9-10,12-13,15-16,19-22H2/t27-,28+,29?. The lowest BCUT2D eigenvalue weighted by Gasteiger charge is -2.34. The fraction of sp³-hybridized carbons (Fsp3) is 0.341. The number of benzene rings is 3.